The van der Waals surface area contributed by atoms with E-state index in [-0.39, 0.29) is 10.6 Å². The molecule has 0 aliphatic heterocycles. The van der Waals surface area contributed by atoms with Crippen molar-refractivity contribution in [1.82, 2.24) is 10.2 Å². The lowest BCUT2D eigenvalue weighted by atomic mass is 10.2. The number of aromatic carboxylic acids is 1. The topological polar surface area (TPSA) is 75.2 Å². The highest BCUT2D eigenvalue weighted by molar-refractivity contribution is 6.32. The summed E-state index contributed by atoms with van der Waals surface area (Å²) in [5.41, 5.74) is 0.971. The first-order valence-corrected chi connectivity index (χ1v) is 5.17. The molecule has 1 aromatic carbocycles. The maximum absolute atomic E-state index is 10.7. The van der Waals surface area contributed by atoms with E-state index in [1.807, 2.05) is 6.92 Å². The molecule has 1 heterocycles. The van der Waals surface area contributed by atoms with Crippen LogP contribution in [0.15, 0.2) is 24.3 Å². The Kier molecular flexibility index (Phi) is 3.01. The molecule has 17 heavy (non-hydrogen) atoms. The van der Waals surface area contributed by atoms with Crippen LogP contribution in [-0.2, 0) is 0 Å². The van der Waals surface area contributed by atoms with Gasteiger partial charge in [-0.25, -0.2) is 4.79 Å². The number of hydrogen-bond acceptors (Lipinski definition) is 3. The minimum absolute atomic E-state index is 0.112. The highest BCUT2D eigenvalue weighted by Gasteiger charge is 2.09. The van der Waals surface area contributed by atoms with Gasteiger partial charge in [0.15, 0.2) is 0 Å². The summed E-state index contributed by atoms with van der Waals surface area (Å²) in [6.07, 6.45) is 0. The maximum atomic E-state index is 10.7. The molecular weight excluding hydrogens is 244 g/mol. The molecule has 0 fully saturated rings. The van der Waals surface area contributed by atoms with Crippen LogP contribution >= 0.6 is 11.6 Å². The molecule has 0 unspecified atom stereocenters. The lowest BCUT2D eigenvalue weighted by molar-refractivity contribution is 0.0697. The Bertz CT molecular complexity index is 566. The summed E-state index contributed by atoms with van der Waals surface area (Å²) in [6.45, 7) is 1.84. The SMILES string of the molecule is Cc1cc(Oc2ccc(C(=O)O)cc2Cl)n[nH]1. The number of carbonyl (C=O) groups is 1. The number of halogens is 1. The lowest BCUT2D eigenvalue weighted by Crippen LogP contribution is -1.96. The van der Waals surface area contributed by atoms with Gasteiger partial charge in [0.05, 0.1) is 10.6 Å². The minimum Gasteiger partial charge on any atom is -0.478 e. The van der Waals surface area contributed by atoms with E-state index < -0.39 is 5.97 Å². The van der Waals surface area contributed by atoms with E-state index in [2.05, 4.69) is 10.2 Å². The Morgan fingerprint density at radius 2 is 2.24 bits per heavy atom. The van der Waals surface area contributed by atoms with Crippen molar-refractivity contribution in [2.45, 2.75) is 6.92 Å². The summed E-state index contributed by atoms with van der Waals surface area (Å²) in [7, 11) is 0. The molecule has 0 spiro atoms. The monoisotopic (exact) mass is 252 g/mol. The van der Waals surface area contributed by atoms with Crippen molar-refractivity contribution in [3.63, 3.8) is 0 Å². The molecule has 0 aliphatic carbocycles. The number of nitrogens with zero attached hydrogens (tertiary/aromatic N) is 1. The van der Waals surface area contributed by atoms with Gasteiger partial charge in [-0.15, -0.1) is 5.10 Å². The van der Waals surface area contributed by atoms with Crippen molar-refractivity contribution in [2.24, 2.45) is 0 Å². The summed E-state index contributed by atoms with van der Waals surface area (Å²) in [5, 5.41) is 15.6. The van der Waals surface area contributed by atoms with Crippen molar-refractivity contribution >= 4 is 17.6 Å². The summed E-state index contributed by atoms with van der Waals surface area (Å²) in [5.74, 6) is -0.287. The van der Waals surface area contributed by atoms with Gasteiger partial charge in [0.2, 0.25) is 5.88 Å². The van der Waals surface area contributed by atoms with Crippen molar-refractivity contribution in [1.29, 1.82) is 0 Å². The van der Waals surface area contributed by atoms with E-state index in [0.717, 1.165) is 5.69 Å². The number of benzene rings is 1. The summed E-state index contributed by atoms with van der Waals surface area (Å²) >= 11 is 5.90. The largest absolute Gasteiger partial charge is 0.478 e. The number of ether oxygens (including phenoxy) is 1. The van der Waals surface area contributed by atoms with Crippen molar-refractivity contribution in [3.8, 4) is 11.6 Å². The molecule has 0 amide bonds. The quantitative estimate of drug-likeness (QED) is 0.881. The normalized spacial score (nSPS) is 10.2. The van der Waals surface area contributed by atoms with Gasteiger partial charge < -0.3 is 9.84 Å². The van der Waals surface area contributed by atoms with Crippen LogP contribution < -0.4 is 4.74 Å². The molecule has 2 aromatic rings. The van der Waals surface area contributed by atoms with E-state index >= 15 is 0 Å². The average Bonchev–Trinajstić information content (AvgIpc) is 2.67. The third-order valence-corrected chi connectivity index (χ3v) is 2.37. The zero-order valence-corrected chi connectivity index (χ0v) is 9.65. The number of aromatic nitrogens is 2. The van der Waals surface area contributed by atoms with Gasteiger partial charge in [-0.2, -0.15) is 0 Å². The smallest absolute Gasteiger partial charge is 0.335 e. The van der Waals surface area contributed by atoms with Crippen LogP contribution in [0.2, 0.25) is 5.02 Å². The fourth-order valence-electron chi connectivity index (χ4n) is 1.27. The molecule has 6 heteroatoms. The van der Waals surface area contributed by atoms with E-state index in [1.165, 1.54) is 18.2 Å². The first kappa shape index (κ1) is 11.5. The van der Waals surface area contributed by atoms with Crippen LogP contribution in [0.4, 0.5) is 0 Å². The van der Waals surface area contributed by atoms with Gasteiger partial charge in [-0.1, -0.05) is 11.6 Å². The highest BCUT2D eigenvalue weighted by Crippen LogP contribution is 2.29. The van der Waals surface area contributed by atoms with Crippen LogP contribution in [0.25, 0.3) is 0 Å². The average molecular weight is 253 g/mol. The minimum atomic E-state index is -1.03. The van der Waals surface area contributed by atoms with Crippen LogP contribution in [0.1, 0.15) is 16.1 Å². The molecule has 5 nitrogen and oxygen atoms in total. The standard InChI is InChI=1S/C11H9ClN2O3/c1-6-4-10(14-13-6)17-9-3-2-7(11(15)16)5-8(9)12/h2-5H,1H3,(H,13,14)(H,15,16). The fourth-order valence-corrected chi connectivity index (χ4v) is 1.49. The number of nitrogens with one attached hydrogen (secondary N) is 1. The van der Waals surface area contributed by atoms with Gasteiger partial charge in [-0.05, 0) is 25.1 Å². The van der Waals surface area contributed by atoms with Gasteiger partial charge in [0, 0.05) is 11.8 Å². The Morgan fingerprint density at radius 3 is 2.76 bits per heavy atom. The predicted octanol–water partition coefficient (Wildman–Crippen LogP) is 2.86. The number of carboxylic acids is 1. The third-order valence-electron chi connectivity index (χ3n) is 2.08. The van der Waals surface area contributed by atoms with Gasteiger partial charge >= 0.3 is 5.97 Å². The third kappa shape index (κ3) is 2.57. The zero-order valence-electron chi connectivity index (χ0n) is 8.90. The number of aromatic amines is 1. The molecule has 0 atom stereocenters. The molecular formula is C11H9ClN2O3. The number of carboxylic acid groups (broad SMARTS) is 1. The van der Waals surface area contributed by atoms with Gasteiger partial charge in [0.25, 0.3) is 0 Å². The van der Waals surface area contributed by atoms with Crippen LogP contribution in [0.3, 0.4) is 0 Å². The molecule has 0 saturated carbocycles. The Labute approximate surface area is 102 Å². The first-order valence-electron chi connectivity index (χ1n) is 4.79. The highest BCUT2D eigenvalue weighted by atomic mass is 35.5. The molecule has 0 bridgehead atoms. The molecule has 0 aliphatic rings. The predicted molar refractivity (Wildman–Crippen MR) is 61.8 cm³/mol. The second-order valence-electron chi connectivity index (χ2n) is 3.44. The van der Waals surface area contributed by atoms with Crippen LogP contribution in [-0.4, -0.2) is 21.3 Å². The number of rotatable bonds is 3. The van der Waals surface area contributed by atoms with Crippen LogP contribution in [0.5, 0.6) is 11.6 Å². The maximum Gasteiger partial charge on any atom is 0.335 e. The molecule has 2 rings (SSSR count). The number of hydrogen-bond donors (Lipinski definition) is 2. The van der Waals surface area contributed by atoms with Crippen molar-refractivity contribution in [2.75, 3.05) is 0 Å². The van der Waals surface area contributed by atoms with E-state index in [1.54, 1.807) is 6.07 Å². The fraction of sp³-hybridized carbons (Fsp3) is 0.0909. The summed E-state index contributed by atoms with van der Waals surface area (Å²) in [4.78, 5) is 10.7. The van der Waals surface area contributed by atoms with Gasteiger partial charge in [-0.3, -0.25) is 5.10 Å². The molecule has 1 aromatic heterocycles. The number of H-pyrrole nitrogens is 1. The number of aryl methyl sites for hydroxylation is 1. The second kappa shape index (κ2) is 4.47. The molecule has 2 N–H and O–H groups in total. The molecule has 0 radical (unpaired) electrons. The Balaban J connectivity index is 2.25. The van der Waals surface area contributed by atoms with Crippen LogP contribution in [0, 0.1) is 6.92 Å². The van der Waals surface area contributed by atoms with E-state index in [0.29, 0.717) is 11.6 Å². The lowest BCUT2D eigenvalue weighted by Gasteiger charge is -2.04. The van der Waals surface area contributed by atoms with E-state index in [9.17, 15) is 4.79 Å². The van der Waals surface area contributed by atoms with E-state index in [4.69, 9.17) is 21.4 Å². The second-order valence-corrected chi connectivity index (χ2v) is 3.85. The molecule has 88 valence electrons. The van der Waals surface area contributed by atoms with Gasteiger partial charge in [0.1, 0.15) is 5.75 Å². The Morgan fingerprint density at radius 1 is 1.47 bits per heavy atom. The summed E-state index contributed by atoms with van der Waals surface area (Å²) < 4.78 is 5.40. The van der Waals surface area contributed by atoms with Crippen molar-refractivity contribution in [3.05, 3.63) is 40.5 Å². The van der Waals surface area contributed by atoms with Crippen molar-refractivity contribution < 1.29 is 14.6 Å². The first-order chi connectivity index (χ1) is 8.06. The molecule has 0 saturated heterocycles. The Hall–Kier alpha value is -2.01. The summed E-state index contributed by atoms with van der Waals surface area (Å²) in [6, 6.07) is 5.96. The zero-order chi connectivity index (χ0) is 12.4.